The molecule has 1 heterocycles. The third-order valence-electron chi connectivity index (χ3n) is 3.95. The number of hydrogen-bond donors (Lipinski definition) is 2. The van der Waals surface area contributed by atoms with E-state index in [0.717, 1.165) is 24.3 Å². The van der Waals surface area contributed by atoms with Crippen LogP contribution in [-0.2, 0) is 13.0 Å². The summed E-state index contributed by atoms with van der Waals surface area (Å²) in [4.78, 5) is 2.29. The highest BCUT2D eigenvalue weighted by molar-refractivity contribution is 6.58. The van der Waals surface area contributed by atoms with Gasteiger partial charge in [-0.3, -0.25) is 0 Å². The van der Waals surface area contributed by atoms with Gasteiger partial charge in [-0.2, -0.15) is 0 Å². The molecule has 2 aromatic rings. The molecule has 0 unspecified atom stereocenters. The topological polar surface area (TPSA) is 52.9 Å². The zero-order valence-electron chi connectivity index (χ0n) is 12.0. The van der Waals surface area contributed by atoms with Gasteiger partial charge in [0, 0.05) is 24.3 Å². The Hall–Kier alpha value is -1.98. The van der Waals surface area contributed by atoms with E-state index in [1.807, 2.05) is 6.07 Å². The maximum atomic E-state index is 9.33. The molecule has 1 aliphatic heterocycles. The van der Waals surface area contributed by atoms with E-state index in [9.17, 15) is 10.0 Å². The summed E-state index contributed by atoms with van der Waals surface area (Å²) in [6, 6.07) is 13.6. The average molecular weight is 283 g/mol. The van der Waals surface area contributed by atoms with Gasteiger partial charge in [0.15, 0.2) is 0 Å². The number of ether oxygens (including phenoxy) is 1. The fourth-order valence-corrected chi connectivity index (χ4v) is 2.86. The van der Waals surface area contributed by atoms with Crippen molar-refractivity contribution in [1.29, 1.82) is 0 Å². The molecule has 21 heavy (non-hydrogen) atoms. The zero-order valence-corrected chi connectivity index (χ0v) is 12.0. The number of para-hydroxylation sites is 1. The van der Waals surface area contributed by atoms with Crippen LogP contribution >= 0.6 is 0 Å². The summed E-state index contributed by atoms with van der Waals surface area (Å²) in [7, 11) is 0.173. The lowest BCUT2D eigenvalue weighted by molar-refractivity contribution is 0.408. The largest absolute Gasteiger partial charge is 0.496 e. The van der Waals surface area contributed by atoms with Gasteiger partial charge in [-0.1, -0.05) is 30.3 Å². The van der Waals surface area contributed by atoms with Crippen molar-refractivity contribution < 1.29 is 14.8 Å². The number of methoxy groups -OCH3 is 1. The van der Waals surface area contributed by atoms with E-state index in [1.165, 1.54) is 11.3 Å². The number of benzene rings is 2. The van der Waals surface area contributed by atoms with Crippen LogP contribution in [-0.4, -0.2) is 30.8 Å². The summed E-state index contributed by atoms with van der Waals surface area (Å²) < 4.78 is 5.39. The van der Waals surface area contributed by atoms with E-state index in [2.05, 4.69) is 23.1 Å². The molecule has 0 saturated carbocycles. The summed E-state index contributed by atoms with van der Waals surface area (Å²) in [5.74, 6) is 0.767. The third kappa shape index (κ3) is 2.75. The van der Waals surface area contributed by atoms with Crippen molar-refractivity contribution in [2.24, 2.45) is 0 Å². The molecule has 0 bridgehead atoms. The summed E-state index contributed by atoms with van der Waals surface area (Å²) in [5, 5.41) is 18.7. The average Bonchev–Trinajstić information content (AvgIpc) is 2.90. The molecule has 4 nitrogen and oxygen atoms in total. The van der Waals surface area contributed by atoms with Gasteiger partial charge >= 0.3 is 7.12 Å². The lowest BCUT2D eigenvalue weighted by Crippen LogP contribution is -2.31. The van der Waals surface area contributed by atoms with Crippen LogP contribution in [0.5, 0.6) is 5.75 Å². The standard InChI is InChI=1S/C16H18BNO3/c1-21-16-7-6-14(17(19)20)10-13(16)11-18-9-8-12-4-2-3-5-15(12)18/h2-7,10,19-20H,8-9,11H2,1H3. The highest BCUT2D eigenvalue weighted by Gasteiger charge is 2.21. The number of anilines is 1. The van der Waals surface area contributed by atoms with Crippen molar-refractivity contribution in [2.75, 3.05) is 18.6 Å². The van der Waals surface area contributed by atoms with Crippen LogP contribution in [0, 0.1) is 0 Å². The number of fused-ring (bicyclic) bond motifs is 1. The minimum absolute atomic E-state index is 0.485. The molecule has 0 amide bonds. The highest BCUT2D eigenvalue weighted by Crippen LogP contribution is 2.30. The summed E-state index contributed by atoms with van der Waals surface area (Å²) in [6.45, 7) is 1.66. The van der Waals surface area contributed by atoms with Crippen molar-refractivity contribution in [3.05, 3.63) is 53.6 Å². The molecule has 108 valence electrons. The van der Waals surface area contributed by atoms with Gasteiger partial charge in [-0.05, 0) is 29.6 Å². The molecule has 0 fully saturated rings. The highest BCUT2D eigenvalue weighted by atomic mass is 16.5. The maximum Gasteiger partial charge on any atom is 0.488 e. The van der Waals surface area contributed by atoms with Crippen LogP contribution in [0.2, 0.25) is 0 Å². The Balaban J connectivity index is 1.90. The first-order chi connectivity index (χ1) is 10.2. The number of rotatable bonds is 4. The third-order valence-corrected chi connectivity index (χ3v) is 3.95. The molecular weight excluding hydrogens is 265 g/mol. The summed E-state index contributed by atoms with van der Waals surface area (Å²) in [5.41, 5.74) is 4.04. The van der Waals surface area contributed by atoms with Crippen LogP contribution in [0.3, 0.4) is 0 Å². The van der Waals surface area contributed by atoms with E-state index < -0.39 is 7.12 Å². The first kappa shape index (κ1) is 14.0. The fourth-order valence-electron chi connectivity index (χ4n) is 2.86. The Morgan fingerprint density at radius 2 is 2.00 bits per heavy atom. The first-order valence-corrected chi connectivity index (χ1v) is 7.05. The van der Waals surface area contributed by atoms with Crippen molar-refractivity contribution in [1.82, 2.24) is 0 Å². The Kier molecular flexibility index (Phi) is 3.86. The Morgan fingerprint density at radius 3 is 2.76 bits per heavy atom. The van der Waals surface area contributed by atoms with Crippen LogP contribution in [0.4, 0.5) is 5.69 Å². The molecule has 0 aromatic heterocycles. The molecule has 0 radical (unpaired) electrons. The molecule has 0 aliphatic carbocycles. The lowest BCUT2D eigenvalue weighted by atomic mass is 9.79. The second kappa shape index (κ2) is 5.80. The molecule has 5 heteroatoms. The predicted molar refractivity (Wildman–Crippen MR) is 84.0 cm³/mol. The van der Waals surface area contributed by atoms with E-state index in [-0.39, 0.29) is 0 Å². The second-order valence-electron chi connectivity index (χ2n) is 5.25. The SMILES string of the molecule is COc1ccc(B(O)O)cc1CN1CCc2ccccc21. The molecule has 3 rings (SSSR count). The van der Waals surface area contributed by atoms with Gasteiger partial charge in [0.05, 0.1) is 7.11 Å². The normalized spacial score (nSPS) is 13.2. The van der Waals surface area contributed by atoms with Crippen LogP contribution in [0.15, 0.2) is 42.5 Å². The Labute approximate surface area is 124 Å². The van der Waals surface area contributed by atoms with E-state index in [0.29, 0.717) is 12.0 Å². The van der Waals surface area contributed by atoms with E-state index in [4.69, 9.17) is 4.74 Å². The molecule has 1 aliphatic rings. The van der Waals surface area contributed by atoms with Gasteiger partial charge in [0.25, 0.3) is 0 Å². The van der Waals surface area contributed by atoms with Gasteiger partial charge in [0.1, 0.15) is 5.75 Å². The molecule has 2 N–H and O–H groups in total. The van der Waals surface area contributed by atoms with Gasteiger partial charge in [-0.25, -0.2) is 0 Å². The molecule has 2 aromatic carbocycles. The molecular formula is C16H18BNO3. The number of nitrogens with zero attached hydrogens (tertiary/aromatic N) is 1. The van der Waals surface area contributed by atoms with Crippen LogP contribution < -0.4 is 15.1 Å². The summed E-state index contributed by atoms with van der Waals surface area (Å²) in [6.07, 6.45) is 1.04. The van der Waals surface area contributed by atoms with Crippen molar-refractivity contribution in [2.45, 2.75) is 13.0 Å². The Morgan fingerprint density at radius 1 is 1.19 bits per heavy atom. The Bertz CT molecular complexity index is 645. The molecule has 0 atom stereocenters. The van der Waals surface area contributed by atoms with Crippen LogP contribution in [0.25, 0.3) is 0 Å². The zero-order chi connectivity index (χ0) is 14.8. The van der Waals surface area contributed by atoms with Crippen LogP contribution in [0.1, 0.15) is 11.1 Å². The summed E-state index contributed by atoms with van der Waals surface area (Å²) >= 11 is 0. The van der Waals surface area contributed by atoms with Gasteiger partial charge in [0.2, 0.25) is 0 Å². The fraction of sp³-hybridized carbons (Fsp3) is 0.250. The number of hydrogen-bond acceptors (Lipinski definition) is 4. The molecule has 0 spiro atoms. The smallest absolute Gasteiger partial charge is 0.488 e. The van der Waals surface area contributed by atoms with Crippen molar-refractivity contribution in [3.63, 3.8) is 0 Å². The second-order valence-corrected chi connectivity index (χ2v) is 5.25. The van der Waals surface area contributed by atoms with Crippen molar-refractivity contribution >= 4 is 18.3 Å². The van der Waals surface area contributed by atoms with Crippen molar-refractivity contribution in [3.8, 4) is 5.75 Å². The quantitative estimate of drug-likeness (QED) is 0.820. The minimum atomic E-state index is -1.46. The van der Waals surface area contributed by atoms with E-state index in [1.54, 1.807) is 25.3 Å². The monoisotopic (exact) mass is 283 g/mol. The van der Waals surface area contributed by atoms with E-state index >= 15 is 0 Å². The van der Waals surface area contributed by atoms with Gasteiger partial charge in [-0.15, -0.1) is 0 Å². The van der Waals surface area contributed by atoms with Gasteiger partial charge < -0.3 is 19.7 Å². The minimum Gasteiger partial charge on any atom is -0.496 e. The predicted octanol–water partition coefficient (Wildman–Crippen LogP) is 0.938. The molecule has 0 saturated heterocycles. The first-order valence-electron chi connectivity index (χ1n) is 7.05. The lowest BCUT2D eigenvalue weighted by Gasteiger charge is -2.21. The maximum absolute atomic E-state index is 9.33.